The van der Waals surface area contributed by atoms with Gasteiger partial charge in [0.05, 0.1) is 6.42 Å². The fraction of sp³-hybridized carbons (Fsp3) is 0.0833. The van der Waals surface area contributed by atoms with Crippen molar-refractivity contribution < 1.29 is 9.21 Å². The largest absolute Gasteiger partial charge is 0.403 e. The van der Waals surface area contributed by atoms with Gasteiger partial charge in [-0.15, -0.1) is 16.4 Å². The third-order valence-electron chi connectivity index (χ3n) is 2.35. The van der Waals surface area contributed by atoms with Gasteiger partial charge < -0.3 is 4.42 Å². The molecule has 3 aromatic rings. The van der Waals surface area contributed by atoms with Crippen LogP contribution >= 0.6 is 22.7 Å². The minimum Gasteiger partial charge on any atom is -0.403 e. The number of hydrogen-bond donors (Lipinski definition) is 1. The van der Waals surface area contributed by atoms with Gasteiger partial charge in [-0.2, -0.15) is 11.3 Å². The molecule has 0 aromatic carbocycles. The molecule has 0 radical (unpaired) electrons. The molecule has 5 nitrogen and oxygen atoms in total. The lowest BCUT2D eigenvalue weighted by atomic mass is 10.3. The highest BCUT2D eigenvalue weighted by molar-refractivity contribution is 7.10. The van der Waals surface area contributed by atoms with E-state index in [1.165, 1.54) is 11.3 Å². The van der Waals surface area contributed by atoms with E-state index >= 15 is 0 Å². The van der Waals surface area contributed by atoms with Gasteiger partial charge in [-0.1, -0.05) is 11.2 Å². The molecule has 19 heavy (non-hydrogen) atoms. The van der Waals surface area contributed by atoms with Crippen LogP contribution in [0, 0.1) is 0 Å². The Balaban J connectivity index is 1.65. The number of rotatable bonds is 4. The maximum atomic E-state index is 11.7. The maximum absolute atomic E-state index is 11.7. The average Bonchev–Trinajstić information content (AvgIpc) is 3.09. The molecule has 0 aliphatic carbocycles. The van der Waals surface area contributed by atoms with Gasteiger partial charge >= 0.3 is 6.01 Å². The molecule has 0 saturated carbocycles. The minimum atomic E-state index is -0.164. The van der Waals surface area contributed by atoms with E-state index in [2.05, 4.69) is 15.5 Å². The molecule has 0 saturated heterocycles. The van der Waals surface area contributed by atoms with E-state index in [1.807, 2.05) is 34.3 Å². The predicted octanol–water partition coefficient (Wildman–Crippen LogP) is 3.04. The Kier molecular flexibility index (Phi) is 3.39. The monoisotopic (exact) mass is 291 g/mol. The van der Waals surface area contributed by atoms with E-state index in [1.54, 1.807) is 11.3 Å². The molecule has 0 atom stereocenters. The van der Waals surface area contributed by atoms with Crippen molar-refractivity contribution in [3.05, 3.63) is 39.2 Å². The summed E-state index contributed by atoms with van der Waals surface area (Å²) in [4.78, 5) is 12.7. The van der Waals surface area contributed by atoms with Crippen LogP contribution in [0.2, 0.25) is 0 Å². The Morgan fingerprint density at radius 2 is 2.26 bits per heavy atom. The first-order valence-electron chi connectivity index (χ1n) is 5.49. The maximum Gasteiger partial charge on any atom is 0.322 e. The van der Waals surface area contributed by atoms with E-state index in [0.717, 1.165) is 10.4 Å². The lowest BCUT2D eigenvalue weighted by molar-refractivity contribution is -0.115. The van der Waals surface area contributed by atoms with E-state index in [9.17, 15) is 4.79 Å². The number of thiophene rings is 2. The third kappa shape index (κ3) is 2.88. The van der Waals surface area contributed by atoms with Gasteiger partial charge in [0.25, 0.3) is 5.89 Å². The summed E-state index contributed by atoms with van der Waals surface area (Å²) in [6.07, 6.45) is 0.313. The summed E-state index contributed by atoms with van der Waals surface area (Å²) < 4.78 is 5.37. The number of nitrogens with one attached hydrogen (secondary N) is 1. The highest BCUT2D eigenvalue weighted by Gasteiger charge is 2.12. The van der Waals surface area contributed by atoms with Crippen molar-refractivity contribution in [2.24, 2.45) is 0 Å². The molecule has 0 aliphatic rings. The summed E-state index contributed by atoms with van der Waals surface area (Å²) >= 11 is 3.09. The molecular formula is C12H9N3O2S2. The van der Waals surface area contributed by atoms with Gasteiger partial charge in [-0.05, 0) is 22.9 Å². The molecular weight excluding hydrogens is 282 g/mol. The molecule has 96 valence electrons. The Hall–Kier alpha value is -1.99. The van der Waals surface area contributed by atoms with Crippen molar-refractivity contribution >= 4 is 34.6 Å². The first-order chi connectivity index (χ1) is 9.31. The summed E-state index contributed by atoms with van der Waals surface area (Å²) in [7, 11) is 0. The second-order valence-corrected chi connectivity index (χ2v) is 5.54. The highest BCUT2D eigenvalue weighted by Crippen LogP contribution is 2.22. The molecule has 7 heteroatoms. The van der Waals surface area contributed by atoms with Gasteiger partial charge in [0, 0.05) is 15.8 Å². The Bertz CT molecular complexity index is 659. The van der Waals surface area contributed by atoms with Crippen LogP contribution in [0.15, 0.2) is 38.8 Å². The zero-order chi connectivity index (χ0) is 13.1. The number of anilines is 1. The van der Waals surface area contributed by atoms with Gasteiger partial charge in [0.2, 0.25) is 5.91 Å². The summed E-state index contributed by atoms with van der Waals surface area (Å²) in [6, 6.07) is 5.83. The lowest BCUT2D eigenvalue weighted by Gasteiger charge is -1.97. The van der Waals surface area contributed by atoms with Crippen molar-refractivity contribution in [3.63, 3.8) is 0 Å². The molecule has 3 heterocycles. The molecule has 0 aliphatic heterocycles. The number of carbonyl (C=O) groups is 1. The van der Waals surface area contributed by atoms with Crippen molar-refractivity contribution in [1.82, 2.24) is 10.2 Å². The minimum absolute atomic E-state index is 0.128. The van der Waals surface area contributed by atoms with E-state index in [4.69, 9.17) is 4.42 Å². The standard InChI is InChI=1S/C12H9N3O2S2/c16-10(6-9-2-1-4-19-9)13-12-15-14-11(17-12)8-3-5-18-7-8/h1-5,7H,6H2,(H,13,15,16). The second-order valence-electron chi connectivity index (χ2n) is 3.73. The molecule has 0 bridgehead atoms. The lowest BCUT2D eigenvalue weighted by Crippen LogP contribution is -2.13. The second kappa shape index (κ2) is 5.33. The molecule has 0 fully saturated rings. The van der Waals surface area contributed by atoms with E-state index in [0.29, 0.717) is 12.3 Å². The molecule has 1 amide bonds. The number of amides is 1. The normalized spacial score (nSPS) is 10.5. The van der Waals surface area contributed by atoms with Crippen LogP contribution in [0.1, 0.15) is 4.88 Å². The van der Waals surface area contributed by atoms with Crippen molar-refractivity contribution in [2.45, 2.75) is 6.42 Å². The van der Waals surface area contributed by atoms with Crippen LogP contribution in [0.3, 0.4) is 0 Å². The summed E-state index contributed by atoms with van der Waals surface area (Å²) in [5.74, 6) is 0.246. The number of aromatic nitrogens is 2. The van der Waals surface area contributed by atoms with Crippen LogP contribution < -0.4 is 5.32 Å². The Morgan fingerprint density at radius 1 is 1.32 bits per heavy atom. The zero-order valence-corrected chi connectivity index (χ0v) is 11.3. The topological polar surface area (TPSA) is 68.0 Å². The molecule has 3 aromatic heterocycles. The predicted molar refractivity (Wildman–Crippen MR) is 74.3 cm³/mol. The fourth-order valence-electron chi connectivity index (χ4n) is 1.51. The molecule has 0 unspecified atom stereocenters. The zero-order valence-electron chi connectivity index (χ0n) is 9.70. The van der Waals surface area contributed by atoms with Gasteiger partial charge in [-0.3, -0.25) is 10.1 Å². The quantitative estimate of drug-likeness (QED) is 0.802. The number of nitrogens with zero attached hydrogens (tertiary/aromatic N) is 2. The van der Waals surface area contributed by atoms with Gasteiger partial charge in [0.1, 0.15) is 0 Å². The summed E-state index contributed by atoms with van der Waals surface area (Å²) in [5.41, 5.74) is 0.858. The van der Waals surface area contributed by atoms with Crippen molar-refractivity contribution in [3.8, 4) is 11.5 Å². The summed E-state index contributed by atoms with van der Waals surface area (Å²) in [6.45, 7) is 0. The average molecular weight is 291 g/mol. The molecule has 1 N–H and O–H groups in total. The first kappa shape index (κ1) is 12.1. The van der Waals surface area contributed by atoms with Crippen molar-refractivity contribution in [2.75, 3.05) is 5.32 Å². The highest BCUT2D eigenvalue weighted by atomic mass is 32.1. The van der Waals surface area contributed by atoms with Crippen LogP contribution in [0.25, 0.3) is 11.5 Å². The van der Waals surface area contributed by atoms with Crippen LogP contribution in [0.5, 0.6) is 0 Å². The van der Waals surface area contributed by atoms with E-state index in [-0.39, 0.29) is 11.9 Å². The van der Waals surface area contributed by atoms with Crippen LogP contribution in [-0.4, -0.2) is 16.1 Å². The first-order valence-corrected chi connectivity index (χ1v) is 7.32. The summed E-state index contributed by atoms with van der Waals surface area (Å²) in [5, 5.41) is 16.0. The SMILES string of the molecule is O=C(Cc1cccs1)Nc1nnc(-c2ccsc2)o1. The Labute approximate surface area is 116 Å². The smallest absolute Gasteiger partial charge is 0.322 e. The van der Waals surface area contributed by atoms with Crippen LogP contribution in [0.4, 0.5) is 6.01 Å². The van der Waals surface area contributed by atoms with E-state index < -0.39 is 0 Å². The Morgan fingerprint density at radius 3 is 3.00 bits per heavy atom. The number of hydrogen-bond acceptors (Lipinski definition) is 6. The van der Waals surface area contributed by atoms with Gasteiger partial charge in [-0.25, -0.2) is 0 Å². The third-order valence-corrected chi connectivity index (χ3v) is 3.91. The van der Waals surface area contributed by atoms with Gasteiger partial charge in [0.15, 0.2) is 0 Å². The molecule has 0 spiro atoms. The van der Waals surface area contributed by atoms with Crippen LogP contribution in [-0.2, 0) is 11.2 Å². The fourth-order valence-corrected chi connectivity index (χ4v) is 2.84. The van der Waals surface area contributed by atoms with Crippen molar-refractivity contribution in [1.29, 1.82) is 0 Å². The molecule has 3 rings (SSSR count). The number of carbonyl (C=O) groups excluding carboxylic acids is 1.